The Morgan fingerprint density at radius 3 is 2.48 bits per heavy atom. The zero-order chi connectivity index (χ0) is 18.0. The summed E-state index contributed by atoms with van der Waals surface area (Å²) in [4.78, 5) is 40.6. The quantitative estimate of drug-likeness (QED) is 0.755. The number of nitrogens with zero attached hydrogens (tertiary/aromatic N) is 3. The number of carbonyl (C=O) groups is 1. The van der Waals surface area contributed by atoms with Gasteiger partial charge < -0.3 is 5.32 Å². The van der Waals surface area contributed by atoms with Crippen LogP contribution in [0.3, 0.4) is 0 Å². The van der Waals surface area contributed by atoms with Gasteiger partial charge in [0.25, 0.3) is 11.5 Å². The van der Waals surface area contributed by atoms with Gasteiger partial charge in [-0.3, -0.25) is 18.7 Å². The molecular weight excluding hydrogens is 320 g/mol. The second-order valence-electron chi connectivity index (χ2n) is 5.76. The predicted molar refractivity (Wildman–Crippen MR) is 94.7 cm³/mol. The topological polar surface area (TPSA) is 86.0 Å². The Morgan fingerprint density at radius 1 is 1.04 bits per heavy atom. The molecule has 0 spiro atoms. The van der Waals surface area contributed by atoms with E-state index in [0.717, 1.165) is 10.1 Å². The lowest BCUT2D eigenvalue weighted by Crippen LogP contribution is -2.37. The van der Waals surface area contributed by atoms with E-state index < -0.39 is 11.2 Å². The van der Waals surface area contributed by atoms with Gasteiger partial charge in [0.15, 0.2) is 0 Å². The predicted octanol–water partition coefficient (Wildman–Crippen LogP) is 0.605. The van der Waals surface area contributed by atoms with Gasteiger partial charge in [0, 0.05) is 20.6 Å². The van der Waals surface area contributed by atoms with Crippen molar-refractivity contribution in [1.82, 2.24) is 19.4 Å². The Labute approximate surface area is 143 Å². The summed E-state index contributed by atoms with van der Waals surface area (Å²) in [5.41, 5.74) is 0.584. The Balaban J connectivity index is 1.83. The molecule has 2 heterocycles. The second-order valence-corrected chi connectivity index (χ2v) is 5.76. The lowest BCUT2D eigenvalue weighted by Gasteiger charge is -2.09. The molecule has 0 atom stereocenters. The van der Waals surface area contributed by atoms with Crippen molar-refractivity contribution in [3.8, 4) is 0 Å². The fourth-order valence-corrected chi connectivity index (χ4v) is 2.64. The molecule has 0 unspecified atom stereocenters. The van der Waals surface area contributed by atoms with Gasteiger partial charge >= 0.3 is 5.69 Å². The molecule has 0 saturated carbocycles. The van der Waals surface area contributed by atoms with Crippen molar-refractivity contribution >= 4 is 16.9 Å². The van der Waals surface area contributed by atoms with Crippen molar-refractivity contribution in [3.05, 3.63) is 74.6 Å². The van der Waals surface area contributed by atoms with Gasteiger partial charge in [-0.05, 0) is 24.1 Å². The average Bonchev–Trinajstić information content (AvgIpc) is 2.65. The minimum Gasteiger partial charge on any atom is -0.350 e. The highest BCUT2D eigenvalue weighted by Gasteiger charge is 2.13. The summed E-state index contributed by atoms with van der Waals surface area (Å²) in [5.74, 6) is -0.342. The van der Waals surface area contributed by atoms with Gasteiger partial charge in [0.05, 0.1) is 5.39 Å². The number of hydrogen-bond acceptors (Lipinski definition) is 4. The van der Waals surface area contributed by atoms with Crippen LogP contribution in [0.25, 0.3) is 11.0 Å². The number of benzene rings is 1. The molecular formula is C18H18N4O3. The van der Waals surface area contributed by atoms with E-state index in [1.807, 2.05) is 30.3 Å². The average molecular weight is 338 g/mol. The molecule has 3 rings (SSSR count). The molecule has 0 aliphatic carbocycles. The Kier molecular flexibility index (Phi) is 4.47. The van der Waals surface area contributed by atoms with Crippen LogP contribution in [0.2, 0.25) is 0 Å². The second kappa shape index (κ2) is 6.72. The molecule has 0 saturated heterocycles. The SMILES string of the molecule is Cn1c(=O)c2ccc(C(=O)NCCc3ccccc3)nc2n(C)c1=O. The van der Waals surface area contributed by atoms with Crippen molar-refractivity contribution in [2.24, 2.45) is 14.1 Å². The van der Waals surface area contributed by atoms with E-state index in [2.05, 4.69) is 10.3 Å². The van der Waals surface area contributed by atoms with Gasteiger partial charge in [0.2, 0.25) is 0 Å². The zero-order valence-electron chi connectivity index (χ0n) is 14.0. The highest BCUT2D eigenvalue weighted by molar-refractivity contribution is 5.94. The van der Waals surface area contributed by atoms with E-state index in [9.17, 15) is 14.4 Å². The third-order valence-corrected chi connectivity index (χ3v) is 4.08. The Hall–Kier alpha value is -3.22. The summed E-state index contributed by atoms with van der Waals surface area (Å²) in [6, 6.07) is 12.8. The molecule has 3 aromatic rings. The monoisotopic (exact) mass is 338 g/mol. The maximum atomic E-state index is 12.3. The molecule has 0 radical (unpaired) electrons. The molecule has 7 nitrogen and oxygen atoms in total. The summed E-state index contributed by atoms with van der Waals surface area (Å²) < 4.78 is 2.28. The maximum absolute atomic E-state index is 12.3. The van der Waals surface area contributed by atoms with Crippen LogP contribution < -0.4 is 16.6 Å². The summed E-state index contributed by atoms with van der Waals surface area (Å²) >= 11 is 0. The third kappa shape index (κ3) is 3.21. The Morgan fingerprint density at radius 2 is 1.76 bits per heavy atom. The number of hydrogen-bond donors (Lipinski definition) is 1. The van der Waals surface area contributed by atoms with E-state index in [4.69, 9.17) is 0 Å². The number of fused-ring (bicyclic) bond motifs is 1. The normalized spacial score (nSPS) is 10.8. The number of aromatic nitrogens is 3. The first-order chi connectivity index (χ1) is 12.0. The van der Waals surface area contributed by atoms with Gasteiger partial charge in [-0.2, -0.15) is 0 Å². The minimum absolute atomic E-state index is 0.170. The zero-order valence-corrected chi connectivity index (χ0v) is 14.0. The first-order valence-electron chi connectivity index (χ1n) is 7.88. The molecule has 128 valence electrons. The molecule has 0 aliphatic rings. The summed E-state index contributed by atoms with van der Waals surface area (Å²) in [6.07, 6.45) is 0.708. The minimum atomic E-state index is -0.480. The number of amides is 1. The van der Waals surface area contributed by atoms with Crippen molar-refractivity contribution in [2.75, 3.05) is 6.54 Å². The van der Waals surface area contributed by atoms with Crippen LogP contribution >= 0.6 is 0 Å². The van der Waals surface area contributed by atoms with Crippen LogP contribution in [0.15, 0.2) is 52.1 Å². The lowest BCUT2D eigenvalue weighted by molar-refractivity contribution is 0.0949. The summed E-state index contributed by atoms with van der Waals surface area (Å²) in [6.45, 7) is 0.470. The van der Waals surface area contributed by atoms with E-state index in [1.165, 1.54) is 30.8 Å². The van der Waals surface area contributed by atoms with Crippen molar-refractivity contribution in [1.29, 1.82) is 0 Å². The van der Waals surface area contributed by atoms with Crippen LogP contribution in [0.4, 0.5) is 0 Å². The molecule has 1 aromatic carbocycles. The Bertz CT molecular complexity index is 1050. The lowest BCUT2D eigenvalue weighted by atomic mass is 10.1. The largest absolute Gasteiger partial charge is 0.350 e. The van der Waals surface area contributed by atoms with Gasteiger partial charge in [0.1, 0.15) is 11.3 Å². The molecule has 0 aliphatic heterocycles. The number of carbonyl (C=O) groups excluding carboxylic acids is 1. The number of nitrogens with one attached hydrogen (secondary N) is 1. The standard InChI is InChI=1S/C18H18N4O3/c1-21-15-13(17(24)22(2)18(21)25)8-9-14(20-15)16(23)19-11-10-12-6-4-3-5-7-12/h3-9H,10-11H2,1-2H3,(H,19,23). The molecule has 0 fully saturated rings. The maximum Gasteiger partial charge on any atom is 0.332 e. The van der Waals surface area contributed by atoms with Crippen LogP contribution in [0.5, 0.6) is 0 Å². The van der Waals surface area contributed by atoms with Crippen molar-refractivity contribution in [2.45, 2.75) is 6.42 Å². The number of aryl methyl sites for hydroxylation is 1. The van der Waals surface area contributed by atoms with Crippen LogP contribution in [-0.4, -0.2) is 26.6 Å². The fraction of sp³-hybridized carbons (Fsp3) is 0.222. The van der Waals surface area contributed by atoms with Crippen LogP contribution in [-0.2, 0) is 20.5 Å². The van der Waals surface area contributed by atoms with Gasteiger partial charge in [-0.25, -0.2) is 9.78 Å². The molecule has 7 heteroatoms. The first-order valence-corrected chi connectivity index (χ1v) is 7.88. The fourth-order valence-electron chi connectivity index (χ4n) is 2.64. The number of pyridine rings is 1. The molecule has 25 heavy (non-hydrogen) atoms. The van der Waals surface area contributed by atoms with E-state index in [-0.39, 0.29) is 17.2 Å². The van der Waals surface area contributed by atoms with Gasteiger partial charge in [-0.15, -0.1) is 0 Å². The van der Waals surface area contributed by atoms with Crippen molar-refractivity contribution < 1.29 is 4.79 Å². The molecule has 1 N–H and O–H groups in total. The van der Waals surface area contributed by atoms with Crippen LogP contribution in [0, 0.1) is 0 Å². The molecule has 1 amide bonds. The number of rotatable bonds is 4. The first kappa shape index (κ1) is 16.6. The molecule has 2 aromatic heterocycles. The van der Waals surface area contributed by atoms with E-state index in [1.54, 1.807) is 0 Å². The third-order valence-electron chi connectivity index (χ3n) is 4.08. The smallest absolute Gasteiger partial charge is 0.332 e. The van der Waals surface area contributed by atoms with E-state index >= 15 is 0 Å². The molecule has 0 bridgehead atoms. The van der Waals surface area contributed by atoms with Crippen molar-refractivity contribution in [3.63, 3.8) is 0 Å². The summed E-state index contributed by atoms with van der Waals surface area (Å²) in [7, 11) is 2.93. The highest BCUT2D eigenvalue weighted by Crippen LogP contribution is 2.06. The highest BCUT2D eigenvalue weighted by atomic mass is 16.2. The summed E-state index contributed by atoms with van der Waals surface area (Å²) in [5, 5.41) is 3.10. The van der Waals surface area contributed by atoms with E-state index in [0.29, 0.717) is 18.4 Å². The van der Waals surface area contributed by atoms with Crippen LogP contribution in [0.1, 0.15) is 16.1 Å². The van der Waals surface area contributed by atoms with Gasteiger partial charge in [-0.1, -0.05) is 30.3 Å².